The molecule has 0 aliphatic heterocycles. The third kappa shape index (κ3) is 5.81. The van der Waals surface area contributed by atoms with Crippen molar-refractivity contribution in [1.29, 1.82) is 0 Å². The Hall–Kier alpha value is -5.41. The molecule has 0 amide bonds. The summed E-state index contributed by atoms with van der Waals surface area (Å²) in [6.07, 6.45) is 32.2. The van der Waals surface area contributed by atoms with E-state index in [2.05, 4.69) is 123 Å². The summed E-state index contributed by atoms with van der Waals surface area (Å²) in [5.41, 5.74) is 16.8. The van der Waals surface area contributed by atoms with E-state index in [1.54, 1.807) is 5.57 Å². The predicted octanol–water partition coefficient (Wildman–Crippen LogP) is 9.75. The second-order valence-electron chi connectivity index (χ2n) is 13.5. The van der Waals surface area contributed by atoms with E-state index in [1.165, 1.54) is 33.9 Å². The van der Waals surface area contributed by atoms with Crippen LogP contribution in [-0.4, -0.2) is 22.7 Å². The fourth-order valence-corrected chi connectivity index (χ4v) is 8.13. The number of benzene rings is 2. The normalized spacial score (nSPS) is 18.0. The molecule has 1 unspecified atom stereocenters. The van der Waals surface area contributed by atoms with Crippen molar-refractivity contribution in [2.75, 3.05) is 7.05 Å². The maximum absolute atomic E-state index is 5.43. The highest BCUT2D eigenvalue weighted by molar-refractivity contribution is 6.12. The zero-order valence-electron chi connectivity index (χ0n) is 29.1. The molecule has 0 saturated heterocycles. The average Bonchev–Trinajstić information content (AvgIpc) is 3.18. The highest BCUT2D eigenvalue weighted by atomic mass is 14.7. The van der Waals surface area contributed by atoms with Crippen molar-refractivity contribution in [1.82, 2.24) is 9.97 Å². The van der Waals surface area contributed by atoms with Crippen LogP contribution in [0.15, 0.2) is 108 Å². The van der Waals surface area contributed by atoms with E-state index >= 15 is 0 Å². The molecule has 0 fully saturated rings. The van der Waals surface area contributed by atoms with Gasteiger partial charge in [-0.2, -0.15) is 0 Å². The molecule has 0 bridgehead atoms. The lowest BCUT2D eigenvalue weighted by molar-refractivity contribution is 0.772. The van der Waals surface area contributed by atoms with Crippen LogP contribution in [0.4, 0.5) is 0 Å². The molecule has 2 heterocycles. The molecule has 3 nitrogen and oxygen atoms in total. The third-order valence-electron chi connectivity index (χ3n) is 10.6. The third-order valence-corrected chi connectivity index (χ3v) is 10.6. The van der Waals surface area contributed by atoms with Crippen LogP contribution in [0, 0.1) is 5.92 Å². The van der Waals surface area contributed by atoms with E-state index in [4.69, 9.17) is 15.0 Å². The molecular formula is C47H43N3. The van der Waals surface area contributed by atoms with Gasteiger partial charge >= 0.3 is 0 Å². The van der Waals surface area contributed by atoms with E-state index in [0.29, 0.717) is 0 Å². The zero-order valence-corrected chi connectivity index (χ0v) is 29.1. The summed E-state index contributed by atoms with van der Waals surface area (Å²) >= 11 is 0. The van der Waals surface area contributed by atoms with E-state index in [9.17, 15) is 0 Å². The van der Waals surface area contributed by atoms with Gasteiger partial charge in [0.15, 0.2) is 0 Å². The number of rotatable bonds is 7. The van der Waals surface area contributed by atoms with Crippen LogP contribution < -0.4 is 10.6 Å². The van der Waals surface area contributed by atoms with Gasteiger partial charge in [0.25, 0.3) is 0 Å². The highest BCUT2D eigenvalue weighted by Gasteiger charge is 2.26. The predicted molar refractivity (Wildman–Crippen MR) is 213 cm³/mol. The summed E-state index contributed by atoms with van der Waals surface area (Å²) in [4.78, 5) is 15.3. The summed E-state index contributed by atoms with van der Waals surface area (Å²) in [5, 5.41) is 2.46. The van der Waals surface area contributed by atoms with Gasteiger partial charge in [0, 0.05) is 47.0 Å². The molecule has 0 saturated carbocycles. The molecule has 4 aliphatic carbocycles. The number of allylic oxidation sites excluding steroid dienone is 8. The Kier molecular flexibility index (Phi) is 8.81. The van der Waals surface area contributed by atoms with E-state index in [0.717, 1.165) is 94.5 Å². The van der Waals surface area contributed by atoms with E-state index < -0.39 is 0 Å². The Morgan fingerprint density at radius 1 is 0.900 bits per heavy atom. The molecule has 4 aromatic rings. The minimum absolute atomic E-state index is 0.228. The SMILES string of the molecule is C=Cc1c(C(/C=C\C2C=Cc3ccc(-c4ccccc4)nc3C2)=N/C)ccc(-c2nc3c(c4c2CCC2=C4C=CCC2)=CCCC=3)c1/C=C\C. The molecule has 2 aromatic heterocycles. The first kappa shape index (κ1) is 31.8. The molecule has 0 spiro atoms. The topological polar surface area (TPSA) is 38.1 Å². The minimum Gasteiger partial charge on any atom is -0.288 e. The van der Waals surface area contributed by atoms with Gasteiger partial charge in [0.1, 0.15) is 0 Å². The van der Waals surface area contributed by atoms with Gasteiger partial charge in [0.2, 0.25) is 0 Å². The number of hydrogen-bond donors (Lipinski definition) is 0. The van der Waals surface area contributed by atoms with Crippen molar-refractivity contribution < 1.29 is 0 Å². The lowest BCUT2D eigenvalue weighted by Crippen LogP contribution is -2.36. The van der Waals surface area contributed by atoms with Crippen molar-refractivity contribution in [3.05, 3.63) is 153 Å². The molecule has 50 heavy (non-hydrogen) atoms. The average molecular weight is 650 g/mol. The van der Waals surface area contributed by atoms with Crippen LogP contribution in [0.5, 0.6) is 0 Å². The van der Waals surface area contributed by atoms with Crippen LogP contribution in [-0.2, 0) is 12.8 Å². The van der Waals surface area contributed by atoms with Crippen LogP contribution in [0.3, 0.4) is 0 Å². The Morgan fingerprint density at radius 3 is 2.62 bits per heavy atom. The van der Waals surface area contributed by atoms with E-state index in [1.807, 2.05) is 19.2 Å². The summed E-state index contributed by atoms with van der Waals surface area (Å²) in [6, 6.07) is 19.2. The molecule has 4 aliphatic rings. The Labute approximate surface area is 296 Å². The summed E-state index contributed by atoms with van der Waals surface area (Å²) < 4.78 is 0. The molecule has 246 valence electrons. The first-order valence-corrected chi connectivity index (χ1v) is 18.1. The lowest BCUT2D eigenvalue weighted by atomic mass is 9.78. The fraction of sp³-hybridized carbons (Fsp3) is 0.213. The number of aliphatic imine (C=N–C) groups is 1. The Balaban J connectivity index is 1.17. The van der Waals surface area contributed by atoms with Crippen molar-refractivity contribution in [3.8, 4) is 22.5 Å². The fourth-order valence-electron chi connectivity index (χ4n) is 8.13. The zero-order chi connectivity index (χ0) is 34.0. The maximum atomic E-state index is 5.43. The van der Waals surface area contributed by atoms with Crippen LogP contribution in [0.25, 0.3) is 58.5 Å². The second-order valence-corrected chi connectivity index (χ2v) is 13.5. The quantitative estimate of drug-likeness (QED) is 0.187. The van der Waals surface area contributed by atoms with Crippen molar-refractivity contribution in [3.63, 3.8) is 0 Å². The Bertz CT molecular complexity index is 2330. The number of hydrogen-bond acceptors (Lipinski definition) is 3. The highest BCUT2D eigenvalue weighted by Crippen LogP contribution is 2.40. The van der Waals surface area contributed by atoms with Crippen LogP contribution >= 0.6 is 0 Å². The van der Waals surface area contributed by atoms with Gasteiger partial charge in [-0.05, 0) is 91.0 Å². The molecule has 2 aromatic carbocycles. The molecule has 3 heteroatoms. The summed E-state index contributed by atoms with van der Waals surface area (Å²) in [5.74, 6) is 0.228. The number of aromatic nitrogens is 2. The Morgan fingerprint density at radius 2 is 1.78 bits per heavy atom. The van der Waals surface area contributed by atoms with Gasteiger partial charge in [-0.3, -0.25) is 9.98 Å². The summed E-state index contributed by atoms with van der Waals surface area (Å²) in [7, 11) is 1.88. The summed E-state index contributed by atoms with van der Waals surface area (Å²) in [6.45, 7) is 6.41. The van der Waals surface area contributed by atoms with Crippen molar-refractivity contribution in [2.45, 2.75) is 51.9 Å². The molecule has 1 atom stereocenters. The van der Waals surface area contributed by atoms with Gasteiger partial charge < -0.3 is 0 Å². The van der Waals surface area contributed by atoms with E-state index in [-0.39, 0.29) is 5.92 Å². The van der Waals surface area contributed by atoms with Gasteiger partial charge in [-0.25, -0.2) is 4.98 Å². The molecule has 8 rings (SSSR count). The lowest BCUT2D eigenvalue weighted by Gasteiger charge is -2.28. The number of nitrogens with zero attached hydrogens (tertiary/aromatic N) is 3. The smallest absolute Gasteiger partial charge is 0.0754 e. The molecule has 0 N–H and O–H groups in total. The molecular weight excluding hydrogens is 607 g/mol. The van der Waals surface area contributed by atoms with Gasteiger partial charge in [0.05, 0.1) is 22.4 Å². The van der Waals surface area contributed by atoms with Crippen molar-refractivity contribution >= 4 is 41.7 Å². The monoisotopic (exact) mass is 649 g/mol. The largest absolute Gasteiger partial charge is 0.288 e. The van der Waals surface area contributed by atoms with Crippen molar-refractivity contribution in [2.24, 2.45) is 10.9 Å². The number of fused-ring (bicyclic) bond motifs is 5. The first-order valence-electron chi connectivity index (χ1n) is 18.1. The van der Waals surface area contributed by atoms with Gasteiger partial charge in [-0.15, -0.1) is 0 Å². The second kappa shape index (κ2) is 13.8. The standard InChI is InChI=1S/C47H43N3/c1-4-13-37-35(5-2)38(43(48-3)28-21-31-20-22-34-24-29-42(49-45(34)30-31)33-15-7-6-8-16-33)26-27-39(37)47-41-25-23-32-14-9-10-17-36(32)46(41)40-18-11-12-19-44(40)50-47/h4-8,10,13,15-22,24,26-29,31H,2,9,11-12,14,23,25,30H2,1,3H3/b13-4-,28-21-,48-43+. The van der Waals surface area contributed by atoms with Gasteiger partial charge in [-0.1, -0.05) is 121 Å². The first-order chi connectivity index (χ1) is 24.7. The minimum atomic E-state index is 0.228. The number of pyridine rings is 2. The maximum Gasteiger partial charge on any atom is 0.0754 e. The molecule has 0 radical (unpaired) electrons. The van der Waals surface area contributed by atoms with Crippen LogP contribution in [0.1, 0.15) is 78.1 Å². The van der Waals surface area contributed by atoms with Crippen LogP contribution in [0.2, 0.25) is 0 Å².